The number of rotatable bonds is 5. The zero-order valence-electron chi connectivity index (χ0n) is 17.4. The first-order valence-electron chi connectivity index (χ1n) is 9.72. The minimum absolute atomic E-state index is 0.0346. The maximum atomic E-state index is 12.5. The van der Waals surface area contributed by atoms with Crippen molar-refractivity contribution in [3.05, 3.63) is 59.5 Å². The maximum Gasteiger partial charge on any atom is 0.573 e. The smallest absolute Gasteiger partial charge is 0.460 e. The number of aromatic nitrogens is 1. The number of ether oxygens (including phenoxy) is 2. The molecule has 0 atom stereocenters. The zero-order chi connectivity index (χ0) is 23.2. The lowest BCUT2D eigenvalue weighted by atomic mass is 9.95. The standard InChI is InChI=1S/C23H19F3N2O4/c1-11(2)16-8-14(10-19-21(16)20(22(27)29)12(3)30-19)31-18-6-7-28-17-9-13(4-5-15(17)18)32-23(24,25)26/h4-11H,1-3H3,(H2,27,29). The van der Waals surface area contributed by atoms with Gasteiger partial charge in [0.2, 0.25) is 0 Å². The van der Waals surface area contributed by atoms with Crippen LogP contribution in [0, 0.1) is 6.92 Å². The molecule has 9 heteroatoms. The summed E-state index contributed by atoms with van der Waals surface area (Å²) in [6, 6.07) is 8.88. The summed E-state index contributed by atoms with van der Waals surface area (Å²) in [7, 11) is 0. The molecule has 2 aromatic heterocycles. The SMILES string of the molecule is Cc1oc2cc(Oc3ccnc4cc(OC(F)(F)F)ccc34)cc(C(C)C)c2c1C(N)=O. The fourth-order valence-electron chi connectivity index (χ4n) is 3.68. The number of hydrogen-bond donors (Lipinski definition) is 1. The number of primary amides is 1. The highest BCUT2D eigenvalue weighted by Gasteiger charge is 2.31. The maximum absolute atomic E-state index is 12.5. The molecule has 166 valence electrons. The van der Waals surface area contributed by atoms with Gasteiger partial charge in [-0.2, -0.15) is 0 Å². The average molecular weight is 444 g/mol. The van der Waals surface area contributed by atoms with Gasteiger partial charge in [-0.05, 0) is 42.7 Å². The van der Waals surface area contributed by atoms with Crippen molar-refractivity contribution in [2.45, 2.75) is 33.1 Å². The zero-order valence-corrected chi connectivity index (χ0v) is 17.4. The minimum atomic E-state index is -4.80. The molecule has 0 aliphatic rings. The van der Waals surface area contributed by atoms with Crippen LogP contribution in [0.25, 0.3) is 21.9 Å². The first-order valence-corrected chi connectivity index (χ1v) is 9.72. The number of hydrogen-bond acceptors (Lipinski definition) is 5. The summed E-state index contributed by atoms with van der Waals surface area (Å²) < 4.78 is 53.3. The molecule has 2 aromatic carbocycles. The summed E-state index contributed by atoms with van der Waals surface area (Å²) in [6.07, 6.45) is -3.37. The fourth-order valence-corrected chi connectivity index (χ4v) is 3.68. The number of alkyl halides is 3. The summed E-state index contributed by atoms with van der Waals surface area (Å²) in [5.41, 5.74) is 7.44. The number of benzene rings is 2. The molecule has 0 unspecified atom stereocenters. The summed E-state index contributed by atoms with van der Waals surface area (Å²) in [5.74, 6) is 0.331. The molecule has 4 rings (SSSR count). The van der Waals surface area contributed by atoms with Gasteiger partial charge in [-0.3, -0.25) is 9.78 Å². The van der Waals surface area contributed by atoms with E-state index in [-0.39, 0.29) is 17.2 Å². The van der Waals surface area contributed by atoms with Crippen LogP contribution in [0.5, 0.6) is 17.2 Å². The lowest BCUT2D eigenvalue weighted by Gasteiger charge is -2.14. The number of carbonyl (C=O) groups excluding carboxylic acids is 1. The molecule has 6 nitrogen and oxygen atoms in total. The van der Waals surface area contributed by atoms with E-state index in [1.807, 2.05) is 13.8 Å². The monoisotopic (exact) mass is 444 g/mol. The summed E-state index contributed by atoms with van der Waals surface area (Å²) in [4.78, 5) is 16.1. The third-order valence-electron chi connectivity index (χ3n) is 4.98. The number of carbonyl (C=O) groups is 1. The molecule has 4 aromatic rings. The first kappa shape index (κ1) is 21.5. The van der Waals surface area contributed by atoms with E-state index in [2.05, 4.69) is 9.72 Å². The Morgan fingerprint density at radius 2 is 1.88 bits per heavy atom. The minimum Gasteiger partial charge on any atom is -0.460 e. The van der Waals surface area contributed by atoms with Crippen molar-refractivity contribution in [3.8, 4) is 17.2 Å². The quantitative estimate of drug-likeness (QED) is 0.396. The van der Waals surface area contributed by atoms with Crippen molar-refractivity contribution in [1.29, 1.82) is 0 Å². The Bertz CT molecular complexity index is 1340. The summed E-state index contributed by atoms with van der Waals surface area (Å²) in [6.45, 7) is 5.60. The number of halogens is 3. The molecule has 0 radical (unpaired) electrons. The number of nitrogens with two attached hydrogens (primary N) is 1. The Kier molecular flexibility index (Phi) is 5.20. The molecule has 0 saturated carbocycles. The van der Waals surface area contributed by atoms with Crippen LogP contribution in [0.1, 0.15) is 41.4 Å². The van der Waals surface area contributed by atoms with Crippen LogP contribution in [0.2, 0.25) is 0 Å². The largest absolute Gasteiger partial charge is 0.573 e. The van der Waals surface area contributed by atoms with E-state index in [1.165, 1.54) is 24.4 Å². The number of fused-ring (bicyclic) bond motifs is 2. The second kappa shape index (κ2) is 7.74. The number of aryl methyl sites for hydroxylation is 1. The van der Waals surface area contributed by atoms with E-state index in [9.17, 15) is 18.0 Å². The van der Waals surface area contributed by atoms with E-state index >= 15 is 0 Å². The van der Waals surface area contributed by atoms with E-state index in [0.717, 1.165) is 5.56 Å². The van der Waals surface area contributed by atoms with Gasteiger partial charge in [-0.25, -0.2) is 0 Å². The molecule has 0 aliphatic carbocycles. The van der Waals surface area contributed by atoms with E-state index in [0.29, 0.717) is 39.2 Å². The number of nitrogens with zero attached hydrogens (tertiary/aromatic N) is 1. The Labute approximate surface area is 180 Å². The Balaban J connectivity index is 1.79. The normalized spacial score (nSPS) is 12.0. The molecular weight excluding hydrogens is 425 g/mol. The first-order chi connectivity index (χ1) is 15.0. The molecule has 32 heavy (non-hydrogen) atoms. The van der Waals surface area contributed by atoms with Crippen LogP contribution in [0.4, 0.5) is 13.2 Å². The number of amides is 1. The van der Waals surface area contributed by atoms with Gasteiger partial charge in [0.25, 0.3) is 5.91 Å². The molecule has 2 N–H and O–H groups in total. The Morgan fingerprint density at radius 1 is 1.12 bits per heavy atom. The van der Waals surface area contributed by atoms with Gasteiger partial charge in [-0.15, -0.1) is 13.2 Å². The predicted molar refractivity (Wildman–Crippen MR) is 112 cm³/mol. The van der Waals surface area contributed by atoms with Gasteiger partial charge in [0.1, 0.15) is 28.6 Å². The molecular formula is C23H19F3N2O4. The van der Waals surface area contributed by atoms with Crippen molar-refractivity contribution in [2.75, 3.05) is 0 Å². The van der Waals surface area contributed by atoms with Crippen LogP contribution in [0.3, 0.4) is 0 Å². The van der Waals surface area contributed by atoms with Crippen molar-refractivity contribution >= 4 is 27.8 Å². The van der Waals surface area contributed by atoms with Gasteiger partial charge in [0.15, 0.2) is 0 Å². The molecule has 0 spiro atoms. The van der Waals surface area contributed by atoms with Crippen LogP contribution < -0.4 is 15.2 Å². The summed E-state index contributed by atoms with van der Waals surface area (Å²) in [5, 5.41) is 1.15. The number of furan rings is 1. The molecule has 0 fully saturated rings. The highest BCUT2D eigenvalue weighted by Crippen LogP contribution is 2.38. The van der Waals surface area contributed by atoms with Crippen molar-refractivity contribution in [2.24, 2.45) is 5.73 Å². The fraction of sp³-hybridized carbons (Fsp3) is 0.217. The molecule has 0 saturated heterocycles. The van der Waals surface area contributed by atoms with Gasteiger partial charge in [-0.1, -0.05) is 13.8 Å². The number of pyridine rings is 1. The van der Waals surface area contributed by atoms with Gasteiger partial charge >= 0.3 is 6.36 Å². The molecule has 1 amide bonds. The van der Waals surface area contributed by atoms with Crippen LogP contribution in [-0.2, 0) is 0 Å². The van der Waals surface area contributed by atoms with Crippen LogP contribution in [-0.4, -0.2) is 17.3 Å². The van der Waals surface area contributed by atoms with E-state index in [1.54, 1.807) is 25.1 Å². The van der Waals surface area contributed by atoms with Crippen molar-refractivity contribution in [1.82, 2.24) is 4.98 Å². The summed E-state index contributed by atoms with van der Waals surface area (Å²) >= 11 is 0. The molecule has 0 aliphatic heterocycles. The third kappa shape index (κ3) is 4.05. The Morgan fingerprint density at radius 3 is 2.53 bits per heavy atom. The second-order valence-electron chi connectivity index (χ2n) is 7.58. The van der Waals surface area contributed by atoms with E-state index in [4.69, 9.17) is 14.9 Å². The lowest BCUT2D eigenvalue weighted by Crippen LogP contribution is -2.17. The third-order valence-corrected chi connectivity index (χ3v) is 4.98. The van der Waals surface area contributed by atoms with Gasteiger partial charge in [0, 0.05) is 29.1 Å². The highest BCUT2D eigenvalue weighted by atomic mass is 19.4. The highest BCUT2D eigenvalue weighted by molar-refractivity contribution is 6.08. The lowest BCUT2D eigenvalue weighted by molar-refractivity contribution is -0.274. The average Bonchev–Trinajstić information content (AvgIpc) is 3.01. The van der Waals surface area contributed by atoms with Crippen molar-refractivity contribution in [3.63, 3.8) is 0 Å². The van der Waals surface area contributed by atoms with Crippen LogP contribution in [0.15, 0.2) is 47.0 Å². The van der Waals surface area contributed by atoms with E-state index < -0.39 is 12.3 Å². The second-order valence-corrected chi connectivity index (χ2v) is 7.58. The van der Waals surface area contributed by atoms with Gasteiger partial charge < -0.3 is 19.6 Å². The predicted octanol–water partition coefficient (Wildman–Crippen LogP) is 6.20. The van der Waals surface area contributed by atoms with Crippen molar-refractivity contribution < 1.29 is 31.9 Å². The van der Waals surface area contributed by atoms with Gasteiger partial charge in [0.05, 0.1) is 11.1 Å². The topological polar surface area (TPSA) is 87.6 Å². The van der Waals surface area contributed by atoms with Crippen LogP contribution >= 0.6 is 0 Å². The molecule has 2 heterocycles. The molecule has 0 bridgehead atoms. The Hall–Kier alpha value is -3.75.